The number of hydrazine groups is 2. The fraction of sp³-hybridized carbons (Fsp3) is 0.296. The summed E-state index contributed by atoms with van der Waals surface area (Å²) in [5.41, 5.74) is 7.42. The van der Waals surface area contributed by atoms with Crippen molar-refractivity contribution in [3.8, 4) is 17.0 Å². The first-order chi connectivity index (χ1) is 17.0. The molecule has 3 aromatic rings. The summed E-state index contributed by atoms with van der Waals surface area (Å²) < 4.78 is 35.5. The summed E-state index contributed by atoms with van der Waals surface area (Å²) in [5, 5.41) is 5.06. The van der Waals surface area contributed by atoms with Gasteiger partial charge in [-0.2, -0.15) is 5.53 Å². The monoisotopic (exact) mass is 477 g/mol. The maximum atomic E-state index is 15.2. The number of hydrogen-bond donors (Lipinski definition) is 3. The van der Waals surface area contributed by atoms with Gasteiger partial charge < -0.3 is 10.1 Å². The molecule has 8 heteroatoms. The Morgan fingerprint density at radius 3 is 2.57 bits per heavy atom. The molecule has 2 heterocycles. The van der Waals surface area contributed by atoms with E-state index in [0.29, 0.717) is 29.2 Å². The van der Waals surface area contributed by atoms with Crippen LogP contribution in [0.1, 0.15) is 55.3 Å². The molecular weight excluding hydrogens is 448 g/mol. The second kappa shape index (κ2) is 9.64. The quantitative estimate of drug-likeness (QED) is 0.310. The Hall–Kier alpha value is -3.49. The molecule has 0 saturated heterocycles. The SMILES string of the molecule is CC(C)c1cc(-c2nc(C(CNC=C3CC3)c3ccccc3)cc3c2OCN3NN)c(F)cc1F. The van der Waals surface area contributed by atoms with Gasteiger partial charge in [0.1, 0.15) is 23.0 Å². The summed E-state index contributed by atoms with van der Waals surface area (Å²) in [4.78, 5) is 4.92. The van der Waals surface area contributed by atoms with Crippen LogP contribution < -0.4 is 26.4 Å². The number of anilines is 1. The van der Waals surface area contributed by atoms with E-state index in [4.69, 9.17) is 15.6 Å². The molecule has 1 unspecified atom stereocenters. The van der Waals surface area contributed by atoms with E-state index in [-0.39, 0.29) is 24.1 Å². The molecule has 1 aliphatic carbocycles. The molecule has 182 valence electrons. The van der Waals surface area contributed by atoms with Gasteiger partial charge in [0.05, 0.1) is 5.69 Å². The summed E-state index contributed by atoms with van der Waals surface area (Å²) in [6.45, 7) is 4.50. The van der Waals surface area contributed by atoms with E-state index in [1.807, 2.05) is 38.1 Å². The minimum absolute atomic E-state index is 0.120. The Morgan fingerprint density at radius 1 is 1.11 bits per heavy atom. The van der Waals surface area contributed by atoms with Crippen LogP contribution in [0.3, 0.4) is 0 Å². The van der Waals surface area contributed by atoms with Gasteiger partial charge >= 0.3 is 0 Å². The largest absolute Gasteiger partial charge is 0.467 e. The lowest BCUT2D eigenvalue weighted by Gasteiger charge is -2.21. The van der Waals surface area contributed by atoms with Crippen molar-refractivity contribution in [2.45, 2.75) is 38.5 Å². The van der Waals surface area contributed by atoms with Crippen LogP contribution in [0.4, 0.5) is 14.5 Å². The van der Waals surface area contributed by atoms with Gasteiger partial charge in [0, 0.05) is 24.1 Å². The third-order valence-electron chi connectivity index (χ3n) is 6.45. The second-order valence-electron chi connectivity index (χ2n) is 9.26. The van der Waals surface area contributed by atoms with Crippen molar-refractivity contribution in [3.63, 3.8) is 0 Å². The Morgan fingerprint density at radius 2 is 1.89 bits per heavy atom. The van der Waals surface area contributed by atoms with Crippen LogP contribution in [0, 0.1) is 11.6 Å². The normalized spacial score (nSPS) is 15.1. The van der Waals surface area contributed by atoms with Crippen LogP contribution in [-0.4, -0.2) is 18.3 Å². The minimum atomic E-state index is -0.686. The van der Waals surface area contributed by atoms with Crippen LogP contribution in [0.15, 0.2) is 60.3 Å². The molecule has 0 spiro atoms. The maximum absolute atomic E-state index is 15.2. The van der Waals surface area contributed by atoms with Crippen molar-refractivity contribution in [3.05, 3.63) is 88.8 Å². The lowest BCUT2D eigenvalue weighted by atomic mass is 9.93. The van der Waals surface area contributed by atoms with Crippen molar-refractivity contribution in [1.82, 2.24) is 15.8 Å². The van der Waals surface area contributed by atoms with Gasteiger partial charge in [-0.25, -0.2) is 13.8 Å². The van der Waals surface area contributed by atoms with Crippen molar-refractivity contribution in [2.75, 3.05) is 18.3 Å². The van der Waals surface area contributed by atoms with Crippen LogP contribution >= 0.6 is 0 Å². The molecule has 0 bridgehead atoms. The lowest BCUT2D eigenvalue weighted by molar-refractivity contribution is 0.333. The number of nitrogens with zero attached hydrogens (tertiary/aromatic N) is 2. The van der Waals surface area contributed by atoms with Crippen LogP contribution in [0.2, 0.25) is 0 Å². The molecule has 35 heavy (non-hydrogen) atoms. The van der Waals surface area contributed by atoms with Gasteiger partial charge in [-0.3, -0.25) is 10.9 Å². The highest BCUT2D eigenvalue weighted by Crippen LogP contribution is 2.44. The zero-order chi connectivity index (χ0) is 24.5. The molecule has 0 amide bonds. The van der Waals surface area contributed by atoms with Gasteiger partial charge in [0.25, 0.3) is 0 Å². The maximum Gasteiger partial charge on any atom is 0.176 e. The molecule has 1 aromatic heterocycles. The molecule has 1 saturated carbocycles. The fourth-order valence-electron chi connectivity index (χ4n) is 4.35. The van der Waals surface area contributed by atoms with Crippen molar-refractivity contribution in [2.24, 2.45) is 5.84 Å². The van der Waals surface area contributed by atoms with E-state index in [2.05, 4.69) is 29.2 Å². The number of halogens is 2. The Labute approximate surface area is 203 Å². The van der Waals surface area contributed by atoms with Crippen molar-refractivity contribution >= 4 is 5.69 Å². The Bertz CT molecular complexity index is 1260. The molecule has 2 aliphatic rings. The Kier molecular flexibility index (Phi) is 6.40. The van der Waals surface area contributed by atoms with Crippen LogP contribution in [-0.2, 0) is 0 Å². The second-order valence-corrected chi connectivity index (χ2v) is 9.26. The van der Waals surface area contributed by atoms with Crippen LogP contribution in [0.5, 0.6) is 5.75 Å². The molecule has 6 nitrogen and oxygen atoms in total. The molecule has 1 atom stereocenters. The number of benzene rings is 2. The summed E-state index contributed by atoms with van der Waals surface area (Å²) in [5.74, 6) is 4.65. The highest BCUT2D eigenvalue weighted by atomic mass is 19.1. The van der Waals surface area contributed by atoms with Crippen molar-refractivity contribution < 1.29 is 13.5 Å². The number of nitrogens with one attached hydrogen (secondary N) is 2. The van der Waals surface area contributed by atoms with E-state index in [1.54, 1.807) is 5.01 Å². The summed E-state index contributed by atoms with van der Waals surface area (Å²) in [7, 11) is 0. The molecular formula is C27H29F2N5O. The van der Waals surface area contributed by atoms with E-state index < -0.39 is 11.6 Å². The van der Waals surface area contributed by atoms with Gasteiger partial charge in [-0.1, -0.05) is 49.8 Å². The number of pyridine rings is 1. The molecule has 1 aliphatic heterocycles. The van der Waals surface area contributed by atoms with Gasteiger partial charge in [0.15, 0.2) is 12.5 Å². The average Bonchev–Trinajstić information content (AvgIpc) is 3.58. The first-order valence-electron chi connectivity index (χ1n) is 11.8. The van der Waals surface area contributed by atoms with E-state index in [1.165, 1.54) is 11.6 Å². The number of allylic oxidation sites excluding steroid dienone is 1. The number of ether oxygens (including phenoxy) is 1. The fourth-order valence-corrected chi connectivity index (χ4v) is 4.35. The predicted octanol–water partition coefficient (Wildman–Crippen LogP) is 5.08. The Balaban J connectivity index is 1.66. The molecule has 1 fully saturated rings. The molecule has 0 radical (unpaired) electrons. The highest BCUT2D eigenvalue weighted by molar-refractivity contribution is 5.78. The summed E-state index contributed by atoms with van der Waals surface area (Å²) in [6, 6.07) is 14.4. The van der Waals surface area contributed by atoms with Crippen molar-refractivity contribution in [1.29, 1.82) is 0 Å². The molecule has 4 N–H and O–H groups in total. The zero-order valence-electron chi connectivity index (χ0n) is 19.8. The minimum Gasteiger partial charge on any atom is -0.467 e. The topological polar surface area (TPSA) is 75.4 Å². The molecule has 2 aromatic carbocycles. The smallest absolute Gasteiger partial charge is 0.176 e. The summed E-state index contributed by atoms with van der Waals surface area (Å²) in [6.07, 6.45) is 4.32. The zero-order valence-corrected chi connectivity index (χ0v) is 19.8. The van der Waals surface area contributed by atoms with Gasteiger partial charge in [-0.15, -0.1) is 0 Å². The molecule has 5 rings (SSSR count). The number of rotatable bonds is 8. The third kappa shape index (κ3) is 4.72. The third-order valence-corrected chi connectivity index (χ3v) is 6.45. The number of hydrogen-bond acceptors (Lipinski definition) is 6. The average molecular weight is 478 g/mol. The lowest BCUT2D eigenvalue weighted by Crippen LogP contribution is -2.42. The first kappa shape index (κ1) is 23.3. The summed E-state index contributed by atoms with van der Waals surface area (Å²) >= 11 is 0. The number of fused-ring (bicyclic) bond motifs is 1. The highest BCUT2D eigenvalue weighted by Gasteiger charge is 2.30. The van der Waals surface area contributed by atoms with Gasteiger partial charge in [-0.05, 0) is 48.2 Å². The first-order valence-corrected chi connectivity index (χ1v) is 11.8. The van der Waals surface area contributed by atoms with Crippen LogP contribution in [0.25, 0.3) is 11.3 Å². The standard InChI is InChI=1S/C27H29F2N5O/c1-16(2)19-10-20(23(29)11-22(19)28)26-27-25(34(33-30)15-35-27)12-24(32-26)21(14-31-13-17-8-9-17)18-6-4-3-5-7-18/h3-7,10-13,16,21,31,33H,8-9,14-15,30H2,1-2H3. The van der Waals surface area contributed by atoms with E-state index in [9.17, 15) is 4.39 Å². The van der Waals surface area contributed by atoms with E-state index >= 15 is 4.39 Å². The number of nitrogens with two attached hydrogens (primary N) is 1. The van der Waals surface area contributed by atoms with Gasteiger partial charge in [0.2, 0.25) is 0 Å². The predicted molar refractivity (Wildman–Crippen MR) is 133 cm³/mol. The number of aromatic nitrogens is 1. The van der Waals surface area contributed by atoms with E-state index in [0.717, 1.165) is 30.2 Å².